The van der Waals surface area contributed by atoms with Crippen molar-refractivity contribution in [2.45, 2.75) is 45.4 Å². The van der Waals surface area contributed by atoms with Crippen molar-refractivity contribution in [3.63, 3.8) is 0 Å². The molecule has 1 N–H and O–H groups in total. The van der Waals surface area contributed by atoms with E-state index in [9.17, 15) is 29.8 Å². The zero-order valence-corrected chi connectivity index (χ0v) is 17.7. The molecular formula is C20H21N3O7S. The molecule has 1 aromatic carbocycles. The van der Waals surface area contributed by atoms with Crippen molar-refractivity contribution in [2.24, 2.45) is 0 Å². The molecule has 1 aliphatic carbocycles. The average Bonchev–Trinajstić information content (AvgIpc) is 3.11. The summed E-state index contributed by atoms with van der Waals surface area (Å²) in [5.41, 5.74) is -0.201. The third-order valence-electron chi connectivity index (χ3n) is 4.92. The molecule has 3 rings (SSSR count). The van der Waals surface area contributed by atoms with Gasteiger partial charge in [-0.1, -0.05) is 13.3 Å². The summed E-state index contributed by atoms with van der Waals surface area (Å²) < 4.78 is 5.36. The minimum atomic E-state index is -0.801. The Bertz CT molecular complexity index is 1020. The number of nitro benzene ring substituents is 2. The van der Waals surface area contributed by atoms with Crippen LogP contribution in [0.5, 0.6) is 0 Å². The van der Waals surface area contributed by atoms with Gasteiger partial charge in [0.1, 0.15) is 5.00 Å². The monoisotopic (exact) mass is 447 g/mol. The molecular weight excluding hydrogens is 426 g/mol. The van der Waals surface area contributed by atoms with Crippen molar-refractivity contribution >= 4 is 39.6 Å². The van der Waals surface area contributed by atoms with E-state index in [-0.39, 0.29) is 12.2 Å². The van der Waals surface area contributed by atoms with E-state index < -0.39 is 33.1 Å². The number of amides is 1. The number of anilines is 1. The minimum Gasteiger partial charge on any atom is -0.462 e. The maximum atomic E-state index is 12.8. The number of hydrogen-bond acceptors (Lipinski definition) is 8. The van der Waals surface area contributed by atoms with E-state index in [1.165, 1.54) is 11.3 Å². The standard InChI is InChI=1S/C20H21N3O7S/c1-2-3-8-30-20(25)17-15-6-4-5-7-16(15)31-19(17)21-18(24)12-9-13(22(26)27)11-14(10-12)23(28)29/h9-11H,2-8H2,1H3,(H,21,24). The maximum absolute atomic E-state index is 12.8. The van der Waals surface area contributed by atoms with Gasteiger partial charge in [0.25, 0.3) is 17.3 Å². The Morgan fingerprint density at radius 3 is 2.35 bits per heavy atom. The Kier molecular flexibility index (Phi) is 6.95. The van der Waals surface area contributed by atoms with Crippen molar-refractivity contribution in [2.75, 3.05) is 11.9 Å². The van der Waals surface area contributed by atoms with Crippen LogP contribution < -0.4 is 5.32 Å². The van der Waals surface area contributed by atoms with E-state index in [2.05, 4.69) is 5.32 Å². The Morgan fingerprint density at radius 2 is 1.74 bits per heavy atom. The number of esters is 1. The van der Waals surface area contributed by atoms with Gasteiger partial charge in [-0.25, -0.2) is 4.79 Å². The number of carbonyl (C=O) groups excluding carboxylic acids is 2. The number of nitrogens with one attached hydrogen (secondary N) is 1. The molecule has 31 heavy (non-hydrogen) atoms. The molecule has 2 aromatic rings. The van der Waals surface area contributed by atoms with Gasteiger partial charge in [0, 0.05) is 17.0 Å². The number of carbonyl (C=O) groups is 2. The van der Waals surface area contributed by atoms with Crippen molar-refractivity contribution in [3.05, 3.63) is 60.0 Å². The first kappa shape index (κ1) is 22.3. The van der Waals surface area contributed by atoms with Crippen LogP contribution in [-0.2, 0) is 17.6 Å². The summed E-state index contributed by atoms with van der Waals surface area (Å²) >= 11 is 1.27. The molecule has 0 radical (unpaired) electrons. The molecule has 0 fully saturated rings. The van der Waals surface area contributed by atoms with Crippen LogP contribution in [0.25, 0.3) is 0 Å². The predicted molar refractivity (Wildman–Crippen MR) is 114 cm³/mol. The first-order valence-corrected chi connectivity index (χ1v) is 10.7. The second-order valence-electron chi connectivity index (χ2n) is 7.11. The summed E-state index contributed by atoms with van der Waals surface area (Å²) in [6.45, 7) is 2.24. The molecule has 11 heteroatoms. The van der Waals surface area contributed by atoms with Gasteiger partial charge in [-0.15, -0.1) is 11.3 Å². The number of aryl methyl sites for hydroxylation is 1. The van der Waals surface area contributed by atoms with Gasteiger partial charge in [-0.05, 0) is 37.7 Å². The number of benzene rings is 1. The van der Waals surface area contributed by atoms with Gasteiger partial charge in [-0.3, -0.25) is 25.0 Å². The largest absolute Gasteiger partial charge is 0.462 e. The van der Waals surface area contributed by atoms with Crippen molar-refractivity contribution in [1.29, 1.82) is 0 Å². The summed E-state index contributed by atoms with van der Waals surface area (Å²) in [5, 5.41) is 25.1. The van der Waals surface area contributed by atoms with Crippen LogP contribution in [0.2, 0.25) is 0 Å². The highest BCUT2D eigenvalue weighted by Crippen LogP contribution is 2.39. The molecule has 0 saturated carbocycles. The fourth-order valence-corrected chi connectivity index (χ4v) is 4.64. The first-order chi connectivity index (χ1) is 14.8. The number of fused-ring (bicyclic) bond motifs is 1. The predicted octanol–water partition coefficient (Wildman–Crippen LogP) is 4.65. The number of nitro groups is 2. The van der Waals surface area contributed by atoms with Gasteiger partial charge in [0.15, 0.2) is 0 Å². The maximum Gasteiger partial charge on any atom is 0.341 e. The number of rotatable bonds is 8. The summed E-state index contributed by atoms with van der Waals surface area (Å²) in [7, 11) is 0. The van der Waals surface area contributed by atoms with E-state index in [0.717, 1.165) is 60.7 Å². The van der Waals surface area contributed by atoms with E-state index in [1.807, 2.05) is 6.92 Å². The molecule has 0 aliphatic heterocycles. The fourth-order valence-electron chi connectivity index (χ4n) is 3.36. The van der Waals surface area contributed by atoms with Gasteiger partial charge >= 0.3 is 5.97 Å². The topological polar surface area (TPSA) is 142 Å². The highest BCUT2D eigenvalue weighted by atomic mass is 32.1. The SMILES string of the molecule is CCCCOC(=O)c1c(NC(=O)c2cc([N+](=O)[O-])cc([N+](=O)[O-])c2)sc2c1CCCC2. The number of non-ortho nitro benzene ring substituents is 2. The summed E-state index contributed by atoms with van der Waals surface area (Å²) in [6, 6.07) is 2.72. The lowest BCUT2D eigenvalue weighted by molar-refractivity contribution is -0.394. The lowest BCUT2D eigenvalue weighted by atomic mass is 9.95. The van der Waals surface area contributed by atoms with Crippen LogP contribution in [0.4, 0.5) is 16.4 Å². The smallest absolute Gasteiger partial charge is 0.341 e. The quantitative estimate of drug-likeness (QED) is 0.268. The highest BCUT2D eigenvalue weighted by Gasteiger charge is 2.28. The number of ether oxygens (including phenoxy) is 1. The molecule has 1 amide bonds. The molecule has 164 valence electrons. The van der Waals surface area contributed by atoms with E-state index in [4.69, 9.17) is 4.74 Å². The van der Waals surface area contributed by atoms with Crippen LogP contribution in [0, 0.1) is 20.2 Å². The second-order valence-corrected chi connectivity index (χ2v) is 8.22. The molecule has 0 spiro atoms. The zero-order valence-electron chi connectivity index (χ0n) is 16.8. The van der Waals surface area contributed by atoms with E-state index >= 15 is 0 Å². The van der Waals surface area contributed by atoms with Crippen LogP contribution in [0.15, 0.2) is 18.2 Å². The molecule has 0 bridgehead atoms. The lowest BCUT2D eigenvalue weighted by Crippen LogP contribution is -2.16. The Balaban J connectivity index is 1.94. The molecule has 0 saturated heterocycles. The molecule has 1 aliphatic rings. The molecule has 10 nitrogen and oxygen atoms in total. The number of hydrogen-bond donors (Lipinski definition) is 1. The van der Waals surface area contributed by atoms with Crippen molar-refractivity contribution in [1.82, 2.24) is 0 Å². The number of thiophene rings is 1. The average molecular weight is 447 g/mol. The fraction of sp³-hybridized carbons (Fsp3) is 0.400. The van der Waals surface area contributed by atoms with Gasteiger partial charge in [0.2, 0.25) is 0 Å². The molecule has 0 atom stereocenters. The van der Waals surface area contributed by atoms with Gasteiger partial charge in [0.05, 0.1) is 33.6 Å². The number of unbranched alkanes of at least 4 members (excludes halogenated alkanes) is 1. The van der Waals surface area contributed by atoms with E-state index in [1.54, 1.807) is 0 Å². The minimum absolute atomic E-state index is 0.238. The van der Waals surface area contributed by atoms with Crippen LogP contribution in [0.1, 0.15) is 63.8 Å². The van der Waals surface area contributed by atoms with Crippen molar-refractivity contribution in [3.8, 4) is 0 Å². The van der Waals surface area contributed by atoms with Crippen LogP contribution >= 0.6 is 11.3 Å². The highest BCUT2D eigenvalue weighted by molar-refractivity contribution is 7.17. The molecule has 1 heterocycles. The van der Waals surface area contributed by atoms with Gasteiger partial charge in [-0.2, -0.15) is 0 Å². The first-order valence-electron chi connectivity index (χ1n) is 9.88. The molecule has 1 aromatic heterocycles. The Labute approximate surface area is 181 Å². The summed E-state index contributed by atoms with van der Waals surface area (Å²) in [4.78, 5) is 47.1. The van der Waals surface area contributed by atoms with Crippen molar-refractivity contribution < 1.29 is 24.2 Å². The Morgan fingerprint density at radius 1 is 1.10 bits per heavy atom. The third kappa shape index (κ3) is 5.05. The van der Waals surface area contributed by atoms with Crippen LogP contribution in [0.3, 0.4) is 0 Å². The van der Waals surface area contributed by atoms with Crippen LogP contribution in [-0.4, -0.2) is 28.3 Å². The Hall–Kier alpha value is -3.34. The third-order valence-corrected chi connectivity index (χ3v) is 6.13. The number of nitrogens with zero attached hydrogens (tertiary/aromatic N) is 2. The zero-order chi connectivity index (χ0) is 22.5. The molecule has 0 unspecified atom stereocenters. The summed E-state index contributed by atoms with van der Waals surface area (Å²) in [5.74, 6) is -1.29. The second kappa shape index (κ2) is 9.65. The summed E-state index contributed by atoms with van der Waals surface area (Å²) in [6.07, 6.45) is 4.96. The normalized spacial score (nSPS) is 12.7. The van der Waals surface area contributed by atoms with E-state index in [0.29, 0.717) is 17.0 Å². The lowest BCUT2D eigenvalue weighted by Gasteiger charge is -2.12. The van der Waals surface area contributed by atoms with Gasteiger partial charge < -0.3 is 10.1 Å².